The van der Waals surface area contributed by atoms with Crippen molar-refractivity contribution in [1.29, 1.82) is 0 Å². The quantitative estimate of drug-likeness (QED) is 0.770. The van der Waals surface area contributed by atoms with Crippen LogP contribution in [0.3, 0.4) is 0 Å². The monoisotopic (exact) mass is 390 g/mol. The molecule has 1 N–H and O–H groups in total. The number of carbonyl (C=O) groups excluding carboxylic acids is 1. The third-order valence-electron chi connectivity index (χ3n) is 3.62. The van der Waals surface area contributed by atoms with Crippen LogP contribution in [0, 0.1) is 0 Å². The molecule has 0 aliphatic rings. The highest BCUT2D eigenvalue weighted by Gasteiger charge is 2.34. The topological polar surface area (TPSA) is 60.3 Å². The summed E-state index contributed by atoms with van der Waals surface area (Å²) in [6, 6.07) is 6.60. The van der Waals surface area contributed by atoms with E-state index in [2.05, 4.69) is 10.1 Å². The van der Waals surface area contributed by atoms with E-state index in [0.29, 0.717) is 16.2 Å². The number of rotatable bonds is 6. The fraction of sp³-hybridized carbons (Fsp3) is 0.294. The Kier molecular flexibility index (Phi) is 6.19. The largest absolute Gasteiger partial charge is 0.435 e. The van der Waals surface area contributed by atoms with Crippen molar-refractivity contribution >= 4 is 5.91 Å². The second-order valence-electron chi connectivity index (χ2n) is 5.59. The van der Waals surface area contributed by atoms with E-state index in [1.807, 2.05) is 0 Å². The van der Waals surface area contributed by atoms with Crippen molar-refractivity contribution in [1.82, 2.24) is 9.88 Å². The molecule has 146 valence electrons. The van der Waals surface area contributed by atoms with Crippen LogP contribution in [0.2, 0.25) is 0 Å². The lowest BCUT2D eigenvalue weighted by Crippen LogP contribution is -2.35. The van der Waals surface area contributed by atoms with Gasteiger partial charge in [-0.25, -0.2) is 0 Å². The predicted molar refractivity (Wildman–Crippen MR) is 85.3 cm³/mol. The highest BCUT2D eigenvalue weighted by atomic mass is 19.4. The third-order valence-corrected chi connectivity index (χ3v) is 3.62. The van der Waals surface area contributed by atoms with Gasteiger partial charge in [-0.05, 0) is 36.8 Å². The zero-order valence-electron chi connectivity index (χ0n) is 14.0. The smallest absolute Gasteiger partial charge is 0.421 e. The van der Waals surface area contributed by atoms with Gasteiger partial charge in [-0.3, -0.25) is 9.59 Å². The number of alkyl halides is 5. The first-order valence-corrected chi connectivity index (χ1v) is 7.68. The minimum atomic E-state index is -4.81. The number of amides is 1. The van der Waals surface area contributed by atoms with E-state index in [4.69, 9.17) is 0 Å². The number of benzene rings is 1. The number of ether oxygens (including phenoxy) is 1. The number of aromatic nitrogens is 1. The van der Waals surface area contributed by atoms with Crippen LogP contribution in [-0.4, -0.2) is 17.1 Å². The first-order valence-electron chi connectivity index (χ1n) is 7.68. The van der Waals surface area contributed by atoms with Crippen LogP contribution in [0.15, 0.2) is 47.4 Å². The van der Waals surface area contributed by atoms with Crippen LogP contribution in [0.1, 0.15) is 24.1 Å². The molecule has 0 spiro atoms. The molecule has 0 bridgehead atoms. The molecular formula is C17H15F5N2O3. The molecule has 0 aliphatic carbocycles. The first-order chi connectivity index (χ1) is 12.6. The molecule has 10 heteroatoms. The Morgan fingerprint density at radius 3 is 2.37 bits per heavy atom. The van der Waals surface area contributed by atoms with Crippen molar-refractivity contribution < 1.29 is 31.5 Å². The van der Waals surface area contributed by atoms with Gasteiger partial charge in [0.25, 0.3) is 5.56 Å². The summed E-state index contributed by atoms with van der Waals surface area (Å²) in [5, 5.41) is 2.52. The van der Waals surface area contributed by atoms with E-state index >= 15 is 0 Å². The summed E-state index contributed by atoms with van der Waals surface area (Å²) < 4.78 is 67.3. The number of nitrogens with one attached hydrogen (secondary N) is 1. The normalized spacial score (nSPS) is 12.7. The summed E-state index contributed by atoms with van der Waals surface area (Å²) in [5.74, 6) is -0.736. The van der Waals surface area contributed by atoms with Crippen LogP contribution in [0.5, 0.6) is 5.75 Å². The number of halogens is 5. The van der Waals surface area contributed by atoms with Gasteiger partial charge in [0.2, 0.25) is 5.91 Å². The third kappa shape index (κ3) is 5.53. The molecule has 0 radical (unpaired) electrons. The van der Waals surface area contributed by atoms with Crippen LogP contribution in [0.4, 0.5) is 22.0 Å². The van der Waals surface area contributed by atoms with E-state index in [0.717, 1.165) is 12.3 Å². The predicted octanol–water partition coefficient (Wildman–Crippen LogP) is 3.35. The van der Waals surface area contributed by atoms with E-state index in [9.17, 15) is 31.5 Å². The summed E-state index contributed by atoms with van der Waals surface area (Å²) in [5.41, 5.74) is -2.12. The van der Waals surface area contributed by atoms with Gasteiger partial charge in [-0.1, -0.05) is 12.1 Å². The molecule has 0 saturated heterocycles. The highest BCUT2D eigenvalue weighted by molar-refractivity contribution is 5.76. The van der Waals surface area contributed by atoms with E-state index in [-0.39, 0.29) is 5.75 Å². The molecule has 0 fully saturated rings. The second-order valence-corrected chi connectivity index (χ2v) is 5.59. The van der Waals surface area contributed by atoms with Crippen LogP contribution < -0.4 is 15.6 Å². The zero-order chi connectivity index (χ0) is 20.2. The minimum Gasteiger partial charge on any atom is -0.435 e. The minimum absolute atomic E-state index is 0.0530. The molecule has 1 heterocycles. The SMILES string of the molecule is CC(NC(=O)Cn1cccc(C(F)(F)F)c1=O)c1ccc(OC(F)F)cc1. The van der Waals surface area contributed by atoms with Crippen molar-refractivity contribution in [3.63, 3.8) is 0 Å². The Morgan fingerprint density at radius 1 is 1.19 bits per heavy atom. The highest BCUT2D eigenvalue weighted by Crippen LogP contribution is 2.26. The van der Waals surface area contributed by atoms with Gasteiger partial charge in [0.05, 0.1) is 6.04 Å². The van der Waals surface area contributed by atoms with Crippen molar-refractivity contribution in [2.24, 2.45) is 0 Å². The fourth-order valence-electron chi connectivity index (χ4n) is 2.34. The van der Waals surface area contributed by atoms with Gasteiger partial charge in [0.15, 0.2) is 0 Å². The number of hydrogen-bond donors (Lipinski definition) is 1. The number of nitrogens with zero attached hydrogens (tertiary/aromatic N) is 1. The van der Waals surface area contributed by atoms with E-state index < -0.39 is 42.4 Å². The lowest BCUT2D eigenvalue weighted by molar-refractivity contribution is -0.139. The summed E-state index contributed by atoms with van der Waals surface area (Å²) in [6.07, 6.45) is -3.73. The molecule has 27 heavy (non-hydrogen) atoms. The Hall–Kier alpha value is -2.91. The van der Waals surface area contributed by atoms with Gasteiger partial charge in [0.1, 0.15) is 17.9 Å². The molecule has 1 aromatic heterocycles. The molecule has 2 rings (SSSR count). The Morgan fingerprint density at radius 2 is 1.81 bits per heavy atom. The second kappa shape index (κ2) is 8.19. The molecule has 0 aliphatic heterocycles. The summed E-state index contributed by atoms with van der Waals surface area (Å²) in [7, 11) is 0. The number of pyridine rings is 1. The molecule has 1 aromatic carbocycles. The zero-order valence-corrected chi connectivity index (χ0v) is 14.0. The average molecular weight is 390 g/mol. The Bertz CT molecular complexity index is 847. The van der Waals surface area contributed by atoms with Crippen molar-refractivity contribution in [3.05, 3.63) is 64.1 Å². The maximum Gasteiger partial charge on any atom is 0.421 e. The standard InChI is InChI=1S/C17H15F5N2O3/c1-10(11-4-6-12(7-5-11)27-16(18)19)23-14(25)9-24-8-2-3-13(15(24)26)17(20,21)22/h2-8,10,16H,9H2,1H3,(H,23,25). The lowest BCUT2D eigenvalue weighted by atomic mass is 10.1. The van der Waals surface area contributed by atoms with Crippen LogP contribution in [0.25, 0.3) is 0 Å². The van der Waals surface area contributed by atoms with Crippen LogP contribution in [-0.2, 0) is 17.5 Å². The summed E-state index contributed by atoms with van der Waals surface area (Å²) >= 11 is 0. The summed E-state index contributed by atoms with van der Waals surface area (Å²) in [6.45, 7) is -1.96. The maximum atomic E-state index is 12.7. The van der Waals surface area contributed by atoms with E-state index in [1.54, 1.807) is 6.92 Å². The molecule has 1 atom stereocenters. The molecule has 0 saturated carbocycles. The average Bonchev–Trinajstić information content (AvgIpc) is 2.55. The first kappa shape index (κ1) is 20.4. The van der Waals surface area contributed by atoms with Gasteiger partial charge in [-0.2, -0.15) is 22.0 Å². The Labute approximate surface area is 150 Å². The van der Waals surface area contributed by atoms with Crippen molar-refractivity contribution in [3.8, 4) is 5.75 Å². The fourth-order valence-corrected chi connectivity index (χ4v) is 2.34. The van der Waals surface area contributed by atoms with Gasteiger partial charge in [0, 0.05) is 6.20 Å². The summed E-state index contributed by atoms with van der Waals surface area (Å²) in [4.78, 5) is 23.9. The molecular weight excluding hydrogens is 375 g/mol. The lowest BCUT2D eigenvalue weighted by Gasteiger charge is -2.16. The number of hydrogen-bond acceptors (Lipinski definition) is 3. The molecule has 2 aromatic rings. The Balaban J connectivity index is 2.04. The van der Waals surface area contributed by atoms with Gasteiger partial charge >= 0.3 is 12.8 Å². The van der Waals surface area contributed by atoms with Gasteiger partial charge < -0.3 is 14.6 Å². The van der Waals surface area contributed by atoms with Crippen molar-refractivity contribution in [2.75, 3.05) is 0 Å². The maximum absolute atomic E-state index is 12.7. The molecule has 1 unspecified atom stereocenters. The number of carbonyl (C=O) groups is 1. The van der Waals surface area contributed by atoms with Gasteiger partial charge in [-0.15, -0.1) is 0 Å². The molecule has 1 amide bonds. The van der Waals surface area contributed by atoms with Crippen molar-refractivity contribution in [2.45, 2.75) is 32.3 Å². The van der Waals surface area contributed by atoms with Crippen LogP contribution >= 0.6 is 0 Å². The van der Waals surface area contributed by atoms with E-state index in [1.165, 1.54) is 24.3 Å². The molecule has 5 nitrogen and oxygen atoms in total.